The Bertz CT molecular complexity index is 1030. The topological polar surface area (TPSA) is 84.0 Å². The van der Waals surface area contributed by atoms with E-state index >= 15 is 0 Å². The van der Waals surface area contributed by atoms with Gasteiger partial charge in [0.05, 0.1) is 6.54 Å². The number of carbonyl (C=O) groups is 2. The molecule has 1 aromatic carbocycles. The molecule has 0 unspecified atom stereocenters. The molecule has 0 aliphatic rings. The lowest BCUT2D eigenvalue weighted by Gasteiger charge is -2.12. The van der Waals surface area contributed by atoms with Crippen molar-refractivity contribution in [3.8, 4) is 0 Å². The van der Waals surface area contributed by atoms with E-state index in [1.165, 1.54) is 17.7 Å². The Morgan fingerprint density at radius 2 is 2.04 bits per heavy atom. The number of ketones is 1. The van der Waals surface area contributed by atoms with Gasteiger partial charge in [0.15, 0.2) is 5.78 Å². The van der Waals surface area contributed by atoms with Crippen LogP contribution >= 0.6 is 0 Å². The lowest BCUT2D eigenvalue weighted by atomic mass is 10.1. The number of Topliss-reactive ketones (excluding diaryl/α,β-unsaturated/α-hetero) is 1. The van der Waals surface area contributed by atoms with E-state index in [2.05, 4.69) is 10.3 Å². The van der Waals surface area contributed by atoms with Crippen LogP contribution in [0.3, 0.4) is 0 Å². The van der Waals surface area contributed by atoms with Crippen LogP contribution in [-0.4, -0.2) is 28.3 Å². The molecule has 0 radical (unpaired) electrons. The molecule has 1 amide bonds. The molecule has 0 atom stereocenters. The fourth-order valence-electron chi connectivity index (χ4n) is 3.05. The minimum atomic E-state index is -0.491. The summed E-state index contributed by atoms with van der Waals surface area (Å²) in [5.74, 6) is -0.569. The molecule has 0 spiro atoms. The number of nitrogens with one attached hydrogen (secondary N) is 2. The van der Waals surface area contributed by atoms with Gasteiger partial charge in [0.1, 0.15) is 5.56 Å². The summed E-state index contributed by atoms with van der Waals surface area (Å²) in [7, 11) is 1.47. The van der Waals surface area contributed by atoms with Crippen molar-refractivity contribution < 1.29 is 9.59 Å². The molecule has 6 heteroatoms. The predicted molar refractivity (Wildman–Crippen MR) is 101 cm³/mol. The van der Waals surface area contributed by atoms with E-state index in [9.17, 15) is 14.4 Å². The van der Waals surface area contributed by atoms with Gasteiger partial charge in [-0.3, -0.25) is 14.4 Å². The molecule has 0 saturated carbocycles. The second kappa shape index (κ2) is 7.39. The Kier molecular flexibility index (Phi) is 5.02. The summed E-state index contributed by atoms with van der Waals surface area (Å²) in [5, 5.41) is 3.47. The smallest absolute Gasteiger partial charge is 0.263 e. The average molecular weight is 351 g/mol. The lowest BCUT2D eigenvalue weighted by Crippen LogP contribution is -2.32. The van der Waals surface area contributed by atoms with E-state index in [-0.39, 0.29) is 17.9 Å². The zero-order chi connectivity index (χ0) is 18.7. The van der Waals surface area contributed by atoms with Crippen LogP contribution in [0.15, 0.2) is 47.5 Å². The van der Waals surface area contributed by atoms with Crippen molar-refractivity contribution in [1.82, 2.24) is 14.9 Å². The number of aromatic nitrogens is 2. The number of fused-ring (bicyclic) bond motifs is 1. The first kappa shape index (κ1) is 17.7. The van der Waals surface area contributed by atoms with Gasteiger partial charge in [-0.1, -0.05) is 19.1 Å². The maximum atomic E-state index is 12.8. The lowest BCUT2D eigenvalue weighted by molar-refractivity contribution is 0.0961. The van der Waals surface area contributed by atoms with Crippen LogP contribution in [0.2, 0.25) is 0 Å². The number of aromatic amines is 1. The van der Waals surface area contributed by atoms with Crippen LogP contribution in [0.4, 0.5) is 0 Å². The number of rotatable bonds is 6. The molecule has 0 fully saturated rings. The van der Waals surface area contributed by atoms with Crippen molar-refractivity contribution >= 4 is 22.6 Å². The molecule has 0 aliphatic heterocycles. The molecular formula is C20H21N3O3. The van der Waals surface area contributed by atoms with E-state index in [1.54, 1.807) is 6.20 Å². The standard InChI is InChI=1S/C20H21N3O3/c1-3-5-18(24)14-10-16(19(25)21-2)20(26)23(12-14)11-13-6-4-7-17-15(13)8-9-22-17/h4,6-10,12,22H,3,5,11H2,1-2H3,(H,21,25). The van der Waals surface area contributed by atoms with Crippen molar-refractivity contribution in [2.75, 3.05) is 7.05 Å². The number of carbonyl (C=O) groups excluding carboxylic acids is 2. The molecule has 3 aromatic rings. The van der Waals surface area contributed by atoms with E-state index in [0.717, 1.165) is 16.5 Å². The molecule has 26 heavy (non-hydrogen) atoms. The summed E-state index contributed by atoms with van der Waals surface area (Å²) in [5.41, 5.74) is 1.86. The molecule has 0 aliphatic carbocycles. The number of nitrogens with zero attached hydrogens (tertiary/aromatic N) is 1. The Labute approximate surface area is 150 Å². The minimum absolute atomic E-state index is 0.0179. The third-order valence-corrected chi connectivity index (χ3v) is 4.38. The van der Waals surface area contributed by atoms with Crippen molar-refractivity contribution in [2.24, 2.45) is 0 Å². The highest BCUT2D eigenvalue weighted by Gasteiger charge is 2.17. The molecular weight excluding hydrogens is 330 g/mol. The van der Waals surface area contributed by atoms with Gasteiger partial charge in [-0.15, -0.1) is 0 Å². The minimum Gasteiger partial charge on any atom is -0.361 e. The highest BCUT2D eigenvalue weighted by molar-refractivity contribution is 6.00. The van der Waals surface area contributed by atoms with E-state index in [1.807, 2.05) is 37.4 Å². The van der Waals surface area contributed by atoms with E-state index < -0.39 is 11.5 Å². The molecule has 2 heterocycles. The van der Waals surface area contributed by atoms with Crippen molar-refractivity contribution in [3.63, 3.8) is 0 Å². The number of pyridine rings is 1. The van der Waals surface area contributed by atoms with Gasteiger partial charge >= 0.3 is 0 Å². The monoisotopic (exact) mass is 351 g/mol. The van der Waals surface area contributed by atoms with Crippen molar-refractivity contribution in [1.29, 1.82) is 0 Å². The quantitative estimate of drug-likeness (QED) is 0.670. The maximum Gasteiger partial charge on any atom is 0.263 e. The van der Waals surface area contributed by atoms with Gasteiger partial charge in [-0.05, 0) is 30.2 Å². The Hall–Kier alpha value is -3.15. The number of hydrogen-bond acceptors (Lipinski definition) is 3. The fraction of sp³-hybridized carbons (Fsp3) is 0.250. The third kappa shape index (κ3) is 3.31. The second-order valence-corrected chi connectivity index (χ2v) is 6.18. The van der Waals surface area contributed by atoms with Gasteiger partial charge in [-0.25, -0.2) is 0 Å². The summed E-state index contributed by atoms with van der Waals surface area (Å²) in [6, 6.07) is 9.14. The summed E-state index contributed by atoms with van der Waals surface area (Å²) >= 11 is 0. The maximum absolute atomic E-state index is 12.8. The van der Waals surface area contributed by atoms with E-state index in [0.29, 0.717) is 18.4 Å². The van der Waals surface area contributed by atoms with Crippen LogP contribution in [0, 0.1) is 0 Å². The zero-order valence-corrected chi connectivity index (χ0v) is 14.8. The van der Waals surface area contributed by atoms with Crippen LogP contribution in [0.5, 0.6) is 0 Å². The van der Waals surface area contributed by atoms with Gasteiger partial charge < -0.3 is 14.9 Å². The molecule has 0 saturated heterocycles. The largest absolute Gasteiger partial charge is 0.361 e. The number of benzene rings is 1. The Balaban J connectivity index is 2.11. The molecule has 134 valence electrons. The number of H-pyrrole nitrogens is 1. The van der Waals surface area contributed by atoms with Crippen LogP contribution < -0.4 is 10.9 Å². The molecule has 3 rings (SSSR count). The molecule has 2 aromatic heterocycles. The van der Waals surface area contributed by atoms with Gasteiger partial charge in [-0.2, -0.15) is 0 Å². The SMILES string of the molecule is CCCC(=O)c1cc(C(=O)NC)c(=O)n(Cc2cccc3[nH]ccc23)c1. The summed E-state index contributed by atoms with van der Waals surface area (Å²) in [4.78, 5) is 40.3. The van der Waals surface area contributed by atoms with E-state index in [4.69, 9.17) is 0 Å². The number of amides is 1. The molecule has 0 bridgehead atoms. The normalized spacial score (nSPS) is 10.8. The first-order valence-electron chi connectivity index (χ1n) is 8.60. The average Bonchev–Trinajstić information content (AvgIpc) is 3.12. The van der Waals surface area contributed by atoms with Gasteiger partial charge in [0, 0.05) is 42.3 Å². The third-order valence-electron chi connectivity index (χ3n) is 4.38. The molecule has 6 nitrogen and oxygen atoms in total. The summed E-state index contributed by atoms with van der Waals surface area (Å²) in [6.07, 6.45) is 4.47. The van der Waals surface area contributed by atoms with Gasteiger partial charge in [0.25, 0.3) is 11.5 Å². The predicted octanol–water partition coefficient (Wildman–Crippen LogP) is 2.72. The van der Waals surface area contributed by atoms with Crippen LogP contribution in [0.25, 0.3) is 10.9 Å². The molecule has 2 N–H and O–H groups in total. The Morgan fingerprint density at radius 1 is 1.23 bits per heavy atom. The van der Waals surface area contributed by atoms with Crippen molar-refractivity contribution in [2.45, 2.75) is 26.3 Å². The Morgan fingerprint density at radius 3 is 2.77 bits per heavy atom. The summed E-state index contributed by atoms with van der Waals surface area (Å²) in [6.45, 7) is 2.20. The van der Waals surface area contributed by atoms with Crippen LogP contribution in [0.1, 0.15) is 46.0 Å². The number of hydrogen-bond donors (Lipinski definition) is 2. The van der Waals surface area contributed by atoms with Crippen molar-refractivity contribution in [3.05, 3.63) is 69.8 Å². The summed E-state index contributed by atoms with van der Waals surface area (Å²) < 4.78 is 1.44. The second-order valence-electron chi connectivity index (χ2n) is 6.18. The van der Waals surface area contributed by atoms with Gasteiger partial charge in [0.2, 0.25) is 0 Å². The fourth-order valence-corrected chi connectivity index (χ4v) is 3.05. The highest BCUT2D eigenvalue weighted by atomic mass is 16.2. The first-order valence-corrected chi connectivity index (χ1v) is 8.60. The highest BCUT2D eigenvalue weighted by Crippen LogP contribution is 2.18. The van der Waals surface area contributed by atoms with Crippen LogP contribution in [-0.2, 0) is 6.54 Å². The zero-order valence-electron chi connectivity index (χ0n) is 14.8. The first-order chi connectivity index (χ1) is 12.5.